The molecule has 0 fully saturated rings. The average molecular weight is 192 g/mol. The molecule has 4 heteroatoms. The topological polar surface area (TPSA) is 33.3 Å². The third-order valence-corrected chi connectivity index (χ3v) is 1.74. The van der Waals surface area contributed by atoms with Gasteiger partial charge < -0.3 is 14.8 Å². The van der Waals surface area contributed by atoms with Crippen LogP contribution >= 0.6 is 12.0 Å². The van der Waals surface area contributed by atoms with Crippen molar-refractivity contribution in [3.8, 4) is 0 Å². The summed E-state index contributed by atoms with van der Waals surface area (Å²) >= 11 is 1.41. The maximum Gasteiger partial charge on any atom is 0.0738 e. The highest BCUT2D eigenvalue weighted by molar-refractivity contribution is 7.93. The van der Waals surface area contributed by atoms with Crippen LogP contribution in [-0.4, -0.2) is 38.5 Å². The van der Waals surface area contributed by atoms with Gasteiger partial charge in [-0.25, -0.2) is 0 Å². The van der Waals surface area contributed by atoms with E-state index < -0.39 is 0 Å². The molecular formula is C8H20N2OS. The summed E-state index contributed by atoms with van der Waals surface area (Å²) in [6.07, 6.45) is 1.93. The molecule has 12 heavy (non-hydrogen) atoms. The Morgan fingerprint density at radius 3 is 2.58 bits per heavy atom. The van der Waals surface area contributed by atoms with E-state index in [-0.39, 0.29) is 0 Å². The minimum absolute atomic E-state index is 0.578. The zero-order valence-electron chi connectivity index (χ0n) is 8.22. The van der Waals surface area contributed by atoms with Crippen LogP contribution in [0.4, 0.5) is 0 Å². The fourth-order valence-electron chi connectivity index (χ4n) is 0.771. The number of hydrogen-bond acceptors (Lipinski definition) is 4. The Hall–Kier alpha value is 0.230. The third kappa shape index (κ3) is 10.2. The fraction of sp³-hybridized carbons (Fsp3) is 1.00. The van der Waals surface area contributed by atoms with Gasteiger partial charge in [0.05, 0.1) is 6.61 Å². The summed E-state index contributed by atoms with van der Waals surface area (Å²) in [5.74, 6) is 0. The van der Waals surface area contributed by atoms with E-state index in [0.717, 1.165) is 26.2 Å². The SMILES string of the molecule is CSOCCNCCNC(C)C. The van der Waals surface area contributed by atoms with E-state index in [1.165, 1.54) is 12.0 Å². The maximum atomic E-state index is 5.09. The van der Waals surface area contributed by atoms with E-state index in [2.05, 4.69) is 24.5 Å². The van der Waals surface area contributed by atoms with E-state index in [4.69, 9.17) is 4.18 Å². The van der Waals surface area contributed by atoms with Gasteiger partial charge in [-0.05, 0) is 12.0 Å². The lowest BCUT2D eigenvalue weighted by molar-refractivity contribution is 0.367. The van der Waals surface area contributed by atoms with Crippen LogP contribution in [0.5, 0.6) is 0 Å². The average Bonchev–Trinajstić information content (AvgIpc) is 2.02. The van der Waals surface area contributed by atoms with Crippen molar-refractivity contribution in [3.05, 3.63) is 0 Å². The molecule has 0 aromatic heterocycles. The first-order chi connectivity index (χ1) is 5.77. The second-order valence-electron chi connectivity index (χ2n) is 2.85. The van der Waals surface area contributed by atoms with E-state index in [1.54, 1.807) is 0 Å². The Balaban J connectivity index is 2.82. The molecule has 0 atom stereocenters. The highest BCUT2D eigenvalue weighted by Crippen LogP contribution is 1.90. The highest BCUT2D eigenvalue weighted by Gasteiger charge is 1.90. The van der Waals surface area contributed by atoms with Crippen LogP contribution in [-0.2, 0) is 4.18 Å². The first-order valence-corrected chi connectivity index (χ1v) is 5.52. The molecule has 0 aliphatic rings. The van der Waals surface area contributed by atoms with Gasteiger partial charge in [0.25, 0.3) is 0 Å². The summed E-state index contributed by atoms with van der Waals surface area (Å²) in [7, 11) is 0. The monoisotopic (exact) mass is 192 g/mol. The lowest BCUT2D eigenvalue weighted by Crippen LogP contribution is -2.32. The number of nitrogens with one attached hydrogen (secondary N) is 2. The van der Waals surface area contributed by atoms with Gasteiger partial charge >= 0.3 is 0 Å². The number of hydrogen-bond donors (Lipinski definition) is 2. The predicted molar refractivity (Wildman–Crippen MR) is 55.5 cm³/mol. The van der Waals surface area contributed by atoms with E-state index in [9.17, 15) is 0 Å². The largest absolute Gasteiger partial charge is 0.314 e. The highest BCUT2D eigenvalue weighted by atomic mass is 32.2. The summed E-state index contributed by atoms with van der Waals surface area (Å²) in [4.78, 5) is 0. The van der Waals surface area contributed by atoms with Gasteiger partial charge in [0.1, 0.15) is 0 Å². The van der Waals surface area contributed by atoms with Crippen molar-refractivity contribution in [3.63, 3.8) is 0 Å². The lowest BCUT2D eigenvalue weighted by Gasteiger charge is -2.08. The molecule has 0 aliphatic heterocycles. The summed E-state index contributed by atoms with van der Waals surface area (Å²) in [6.45, 7) is 8.05. The number of rotatable bonds is 8. The Bertz CT molecular complexity index is 91.1. The van der Waals surface area contributed by atoms with E-state index in [1.807, 2.05) is 6.26 Å². The smallest absolute Gasteiger partial charge is 0.0738 e. The van der Waals surface area contributed by atoms with Crippen molar-refractivity contribution < 1.29 is 4.18 Å². The van der Waals surface area contributed by atoms with E-state index >= 15 is 0 Å². The summed E-state index contributed by atoms with van der Waals surface area (Å²) in [5, 5.41) is 6.60. The first-order valence-electron chi connectivity index (χ1n) is 4.37. The molecule has 0 bridgehead atoms. The normalized spacial score (nSPS) is 11.0. The second-order valence-corrected chi connectivity index (χ2v) is 3.42. The molecule has 0 aliphatic carbocycles. The van der Waals surface area contributed by atoms with Crippen LogP contribution in [0, 0.1) is 0 Å². The maximum absolute atomic E-state index is 5.09. The summed E-state index contributed by atoms with van der Waals surface area (Å²) in [5.41, 5.74) is 0. The van der Waals surface area contributed by atoms with Crippen molar-refractivity contribution in [2.24, 2.45) is 0 Å². The minimum Gasteiger partial charge on any atom is -0.314 e. The molecule has 0 rings (SSSR count). The molecule has 0 heterocycles. The zero-order valence-corrected chi connectivity index (χ0v) is 9.04. The van der Waals surface area contributed by atoms with Crippen LogP contribution in [0.2, 0.25) is 0 Å². The Morgan fingerprint density at radius 1 is 1.25 bits per heavy atom. The van der Waals surface area contributed by atoms with Gasteiger partial charge in [-0.3, -0.25) is 0 Å². The molecule has 0 saturated heterocycles. The van der Waals surface area contributed by atoms with Gasteiger partial charge in [0, 0.05) is 31.9 Å². The fourth-order valence-corrected chi connectivity index (χ4v) is 1.02. The van der Waals surface area contributed by atoms with Gasteiger partial charge in [-0.2, -0.15) is 0 Å². The van der Waals surface area contributed by atoms with Crippen LogP contribution < -0.4 is 10.6 Å². The van der Waals surface area contributed by atoms with Crippen molar-refractivity contribution in [2.45, 2.75) is 19.9 Å². The predicted octanol–water partition coefficient (Wildman–Crippen LogP) is 0.869. The minimum atomic E-state index is 0.578. The standard InChI is InChI=1S/C8H20N2OS/c1-8(2)10-5-4-9-6-7-11-12-3/h8-10H,4-7H2,1-3H3. The van der Waals surface area contributed by atoms with Gasteiger partial charge in [0.2, 0.25) is 0 Å². The van der Waals surface area contributed by atoms with Crippen LogP contribution in [0.25, 0.3) is 0 Å². The van der Waals surface area contributed by atoms with Crippen molar-refractivity contribution in [1.29, 1.82) is 0 Å². The molecule has 0 unspecified atom stereocenters. The van der Waals surface area contributed by atoms with E-state index in [0.29, 0.717) is 6.04 Å². The van der Waals surface area contributed by atoms with Crippen molar-refractivity contribution in [1.82, 2.24) is 10.6 Å². The van der Waals surface area contributed by atoms with Gasteiger partial charge in [-0.1, -0.05) is 13.8 Å². The molecule has 0 spiro atoms. The summed E-state index contributed by atoms with van der Waals surface area (Å²) in [6, 6.07) is 0.578. The Labute approximate surface area is 79.8 Å². The molecule has 0 amide bonds. The molecule has 2 N–H and O–H groups in total. The quantitative estimate of drug-likeness (QED) is 0.442. The van der Waals surface area contributed by atoms with Gasteiger partial charge in [-0.15, -0.1) is 0 Å². The van der Waals surface area contributed by atoms with Crippen molar-refractivity contribution in [2.75, 3.05) is 32.5 Å². The zero-order chi connectivity index (χ0) is 9.23. The first kappa shape index (κ1) is 12.2. The summed E-state index contributed by atoms with van der Waals surface area (Å²) < 4.78 is 5.09. The third-order valence-electron chi connectivity index (χ3n) is 1.33. The lowest BCUT2D eigenvalue weighted by atomic mass is 10.4. The van der Waals surface area contributed by atoms with Crippen LogP contribution in [0.3, 0.4) is 0 Å². The molecule has 0 radical (unpaired) electrons. The van der Waals surface area contributed by atoms with Crippen molar-refractivity contribution >= 4 is 12.0 Å². The van der Waals surface area contributed by atoms with Crippen LogP contribution in [0.15, 0.2) is 0 Å². The van der Waals surface area contributed by atoms with Crippen LogP contribution in [0.1, 0.15) is 13.8 Å². The molecule has 0 aromatic rings. The molecule has 0 saturated carbocycles. The molecular weight excluding hydrogens is 172 g/mol. The van der Waals surface area contributed by atoms with Gasteiger partial charge in [0.15, 0.2) is 0 Å². The Kier molecular flexibility index (Phi) is 9.50. The Morgan fingerprint density at radius 2 is 2.00 bits per heavy atom. The molecule has 74 valence electrons. The molecule has 0 aromatic carbocycles. The molecule has 3 nitrogen and oxygen atoms in total. The second kappa shape index (κ2) is 9.32.